The van der Waals surface area contributed by atoms with Crippen LogP contribution in [0.2, 0.25) is 0 Å². The molecule has 0 saturated carbocycles. The molecule has 1 rings (SSSR count). The maximum absolute atomic E-state index is 5.34. The smallest absolute Gasteiger partial charge is 0.0711 e. The summed E-state index contributed by atoms with van der Waals surface area (Å²) in [6.07, 6.45) is 1.54. The number of methoxy groups -OCH3 is 1. The molecule has 0 bridgehead atoms. The van der Waals surface area contributed by atoms with Crippen LogP contribution in [-0.4, -0.2) is 38.9 Å². The molecule has 1 aliphatic heterocycles. The fraction of sp³-hybridized carbons (Fsp3) is 1.00. The summed E-state index contributed by atoms with van der Waals surface area (Å²) >= 11 is 0. The molecular weight excluding hydrogens is 200 g/mol. The van der Waals surface area contributed by atoms with E-state index in [1.54, 1.807) is 7.11 Å². The van der Waals surface area contributed by atoms with Gasteiger partial charge in [-0.1, -0.05) is 27.7 Å². The molecule has 0 aromatic rings. The van der Waals surface area contributed by atoms with Gasteiger partial charge >= 0.3 is 0 Å². The molecule has 3 heteroatoms. The van der Waals surface area contributed by atoms with Crippen LogP contribution in [-0.2, 0) is 4.74 Å². The Kier molecular flexibility index (Phi) is 5.22. The Morgan fingerprint density at radius 1 is 1.44 bits per heavy atom. The maximum Gasteiger partial charge on any atom is 0.0711 e. The van der Waals surface area contributed by atoms with Crippen molar-refractivity contribution in [3.63, 3.8) is 0 Å². The highest BCUT2D eigenvalue weighted by Gasteiger charge is 2.25. The lowest BCUT2D eigenvalue weighted by molar-refractivity contribution is 0.117. The molecule has 1 saturated heterocycles. The first-order valence-corrected chi connectivity index (χ1v) is 6.42. The molecule has 1 fully saturated rings. The highest BCUT2D eigenvalue weighted by atomic mass is 16.5. The van der Waals surface area contributed by atoms with Crippen LogP contribution in [0.4, 0.5) is 0 Å². The maximum atomic E-state index is 5.34. The van der Waals surface area contributed by atoms with Crippen molar-refractivity contribution in [2.45, 2.75) is 46.3 Å². The summed E-state index contributed by atoms with van der Waals surface area (Å²) in [5, 5.41) is 7.06. The van der Waals surface area contributed by atoms with Crippen molar-refractivity contribution in [1.82, 2.24) is 10.6 Å². The van der Waals surface area contributed by atoms with Crippen molar-refractivity contribution in [3.05, 3.63) is 0 Å². The predicted octanol–water partition coefficient (Wildman–Crippen LogP) is 1.64. The van der Waals surface area contributed by atoms with Gasteiger partial charge < -0.3 is 15.4 Å². The largest absolute Gasteiger partial charge is 0.380 e. The van der Waals surface area contributed by atoms with Crippen LogP contribution in [0.5, 0.6) is 0 Å². The standard InChI is InChI=1S/C13H28N2O/c1-10(2)13(3,4)9-14-7-11-6-12(16-5)8-15-11/h10-12,14-15H,6-9H2,1-5H3. The number of ether oxygens (including phenoxy) is 1. The summed E-state index contributed by atoms with van der Waals surface area (Å²) in [6.45, 7) is 12.4. The SMILES string of the molecule is COC1CNC(CNCC(C)(C)C(C)C)C1. The van der Waals surface area contributed by atoms with E-state index in [0.29, 0.717) is 23.5 Å². The molecule has 0 spiro atoms. The first-order chi connectivity index (χ1) is 7.45. The minimum Gasteiger partial charge on any atom is -0.380 e. The molecule has 0 aliphatic carbocycles. The van der Waals surface area contributed by atoms with E-state index in [9.17, 15) is 0 Å². The molecule has 16 heavy (non-hydrogen) atoms. The number of rotatable bonds is 6. The molecule has 2 unspecified atom stereocenters. The van der Waals surface area contributed by atoms with Crippen LogP contribution in [0, 0.1) is 11.3 Å². The van der Waals surface area contributed by atoms with E-state index in [1.165, 1.54) is 0 Å². The summed E-state index contributed by atoms with van der Waals surface area (Å²) in [7, 11) is 1.80. The molecule has 2 atom stereocenters. The fourth-order valence-corrected chi connectivity index (χ4v) is 1.89. The molecule has 2 N–H and O–H groups in total. The third-order valence-corrected chi connectivity index (χ3v) is 4.05. The molecule has 96 valence electrons. The Morgan fingerprint density at radius 3 is 2.62 bits per heavy atom. The van der Waals surface area contributed by atoms with Crippen molar-refractivity contribution in [2.24, 2.45) is 11.3 Å². The van der Waals surface area contributed by atoms with E-state index in [2.05, 4.69) is 38.3 Å². The molecule has 0 aromatic heterocycles. The first-order valence-electron chi connectivity index (χ1n) is 6.42. The summed E-state index contributed by atoms with van der Waals surface area (Å²) in [6, 6.07) is 0.577. The van der Waals surface area contributed by atoms with E-state index in [1.807, 2.05) is 0 Å². The zero-order valence-corrected chi connectivity index (χ0v) is 11.5. The van der Waals surface area contributed by atoms with Crippen LogP contribution >= 0.6 is 0 Å². The molecule has 1 aliphatic rings. The zero-order valence-electron chi connectivity index (χ0n) is 11.5. The lowest BCUT2D eigenvalue weighted by atomic mass is 9.81. The van der Waals surface area contributed by atoms with Crippen LogP contribution in [0.3, 0.4) is 0 Å². The van der Waals surface area contributed by atoms with Gasteiger partial charge in [-0.2, -0.15) is 0 Å². The van der Waals surface area contributed by atoms with Gasteiger partial charge in [0, 0.05) is 32.8 Å². The lowest BCUT2D eigenvalue weighted by Gasteiger charge is -2.30. The number of nitrogens with one attached hydrogen (secondary N) is 2. The molecule has 0 aromatic carbocycles. The Labute approximate surface area is 100 Å². The van der Waals surface area contributed by atoms with Crippen molar-refractivity contribution in [1.29, 1.82) is 0 Å². The Hall–Kier alpha value is -0.120. The number of hydrogen-bond acceptors (Lipinski definition) is 3. The van der Waals surface area contributed by atoms with E-state index < -0.39 is 0 Å². The topological polar surface area (TPSA) is 33.3 Å². The fourth-order valence-electron chi connectivity index (χ4n) is 1.89. The second-order valence-electron chi connectivity index (χ2n) is 5.97. The Morgan fingerprint density at radius 2 is 2.12 bits per heavy atom. The van der Waals surface area contributed by atoms with Gasteiger partial charge in [0.2, 0.25) is 0 Å². The quantitative estimate of drug-likeness (QED) is 0.725. The van der Waals surface area contributed by atoms with E-state index >= 15 is 0 Å². The Balaban J connectivity index is 2.17. The van der Waals surface area contributed by atoms with E-state index in [0.717, 1.165) is 26.1 Å². The summed E-state index contributed by atoms with van der Waals surface area (Å²) in [4.78, 5) is 0. The third-order valence-electron chi connectivity index (χ3n) is 4.05. The zero-order chi connectivity index (χ0) is 12.2. The van der Waals surface area contributed by atoms with Gasteiger partial charge in [-0.15, -0.1) is 0 Å². The first kappa shape index (κ1) is 13.9. The van der Waals surface area contributed by atoms with Gasteiger partial charge in [0.15, 0.2) is 0 Å². The molecular formula is C13H28N2O. The van der Waals surface area contributed by atoms with Crippen LogP contribution in [0.1, 0.15) is 34.1 Å². The summed E-state index contributed by atoms with van der Waals surface area (Å²) in [5.74, 6) is 0.711. The third kappa shape index (κ3) is 4.04. The summed E-state index contributed by atoms with van der Waals surface area (Å²) < 4.78 is 5.34. The van der Waals surface area contributed by atoms with Gasteiger partial charge in [-0.05, 0) is 17.8 Å². The molecule has 3 nitrogen and oxygen atoms in total. The van der Waals surface area contributed by atoms with Gasteiger partial charge in [0.25, 0.3) is 0 Å². The van der Waals surface area contributed by atoms with Crippen molar-refractivity contribution in [2.75, 3.05) is 26.7 Å². The second kappa shape index (κ2) is 5.99. The minimum atomic E-state index is 0.374. The van der Waals surface area contributed by atoms with Gasteiger partial charge in [0.1, 0.15) is 0 Å². The lowest BCUT2D eigenvalue weighted by Crippen LogP contribution is -2.40. The van der Waals surface area contributed by atoms with Crippen LogP contribution in [0.15, 0.2) is 0 Å². The van der Waals surface area contributed by atoms with Crippen molar-refractivity contribution >= 4 is 0 Å². The highest BCUT2D eigenvalue weighted by Crippen LogP contribution is 2.24. The molecule has 0 radical (unpaired) electrons. The predicted molar refractivity (Wildman–Crippen MR) is 68.7 cm³/mol. The monoisotopic (exact) mass is 228 g/mol. The average molecular weight is 228 g/mol. The minimum absolute atomic E-state index is 0.374. The number of hydrogen-bond donors (Lipinski definition) is 2. The van der Waals surface area contributed by atoms with Crippen molar-refractivity contribution in [3.8, 4) is 0 Å². The van der Waals surface area contributed by atoms with Crippen LogP contribution in [0.25, 0.3) is 0 Å². The van der Waals surface area contributed by atoms with Gasteiger partial charge in [-0.3, -0.25) is 0 Å². The molecule has 0 amide bonds. The Bertz CT molecular complexity index is 204. The second-order valence-corrected chi connectivity index (χ2v) is 5.97. The highest BCUT2D eigenvalue weighted by molar-refractivity contribution is 4.84. The normalized spacial score (nSPS) is 26.6. The van der Waals surface area contributed by atoms with Crippen molar-refractivity contribution < 1.29 is 4.74 Å². The molecule has 1 heterocycles. The van der Waals surface area contributed by atoms with E-state index in [-0.39, 0.29) is 0 Å². The van der Waals surface area contributed by atoms with E-state index in [4.69, 9.17) is 4.74 Å². The summed E-state index contributed by atoms with van der Waals surface area (Å²) in [5.41, 5.74) is 0.374. The van der Waals surface area contributed by atoms with Gasteiger partial charge in [-0.25, -0.2) is 0 Å². The van der Waals surface area contributed by atoms with Gasteiger partial charge in [0.05, 0.1) is 6.10 Å². The average Bonchev–Trinajstić information content (AvgIpc) is 2.65. The van der Waals surface area contributed by atoms with Crippen LogP contribution < -0.4 is 10.6 Å².